The van der Waals surface area contributed by atoms with Crippen LogP contribution in [0.4, 0.5) is 5.82 Å². The van der Waals surface area contributed by atoms with E-state index in [2.05, 4.69) is 55.7 Å². The normalized spacial score (nSPS) is 15.5. The third-order valence-corrected chi connectivity index (χ3v) is 4.62. The van der Waals surface area contributed by atoms with Gasteiger partial charge in [-0.1, -0.05) is 47.7 Å². The molecule has 2 aromatic heterocycles. The van der Waals surface area contributed by atoms with Crippen LogP contribution in [0, 0.1) is 0 Å². The van der Waals surface area contributed by atoms with Gasteiger partial charge in [0.25, 0.3) is 0 Å². The molecule has 1 aliphatic rings. The lowest BCUT2D eigenvalue weighted by atomic mass is 10.2. The molecule has 3 aromatic rings. The van der Waals surface area contributed by atoms with E-state index in [0.717, 1.165) is 49.7 Å². The van der Waals surface area contributed by atoms with Crippen molar-refractivity contribution in [2.45, 2.75) is 13.5 Å². The lowest BCUT2D eigenvalue weighted by Crippen LogP contribution is -2.47. The van der Waals surface area contributed by atoms with Gasteiger partial charge in [-0.15, -0.1) is 5.10 Å². The SMILES string of the molecule is C=C(C)CN1CCN(c2ncnc3c2nnn3Cc2ccccc2)CC1. The van der Waals surface area contributed by atoms with Gasteiger partial charge in [0, 0.05) is 32.7 Å². The Morgan fingerprint density at radius 1 is 1.08 bits per heavy atom. The Morgan fingerprint density at radius 2 is 1.85 bits per heavy atom. The van der Waals surface area contributed by atoms with Crippen molar-refractivity contribution in [3.8, 4) is 0 Å². The lowest BCUT2D eigenvalue weighted by Gasteiger charge is -2.35. The molecule has 26 heavy (non-hydrogen) atoms. The van der Waals surface area contributed by atoms with Gasteiger partial charge in [-0.25, -0.2) is 14.6 Å². The largest absolute Gasteiger partial charge is 0.352 e. The first-order valence-corrected chi connectivity index (χ1v) is 8.90. The first-order chi connectivity index (χ1) is 12.7. The Kier molecular flexibility index (Phi) is 4.62. The van der Waals surface area contributed by atoms with Crippen molar-refractivity contribution >= 4 is 17.0 Å². The maximum absolute atomic E-state index is 4.50. The third-order valence-electron chi connectivity index (χ3n) is 4.62. The van der Waals surface area contributed by atoms with E-state index in [0.29, 0.717) is 6.54 Å². The Hall–Kier alpha value is -2.80. The lowest BCUT2D eigenvalue weighted by molar-refractivity contribution is 0.278. The van der Waals surface area contributed by atoms with Crippen LogP contribution in [-0.4, -0.2) is 62.6 Å². The number of aromatic nitrogens is 5. The molecule has 7 heteroatoms. The van der Waals surface area contributed by atoms with Crippen LogP contribution in [-0.2, 0) is 6.54 Å². The molecular formula is C19H23N7. The minimum absolute atomic E-state index is 0.653. The number of benzene rings is 1. The molecule has 0 N–H and O–H groups in total. The van der Waals surface area contributed by atoms with E-state index in [-0.39, 0.29) is 0 Å². The van der Waals surface area contributed by atoms with Gasteiger partial charge < -0.3 is 4.90 Å². The van der Waals surface area contributed by atoms with Gasteiger partial charge in [0.05, 0.1) is 6.54 Å². The summed E-state index contributed by atoms with van der Waals surface area (Å²) < 4.78 is 1.84. The molecule has 0 radical (unpaired) electrons. The van der Waals surface area contributed by atoms with Crippen molar-refractivity contribution in [1.29, 1.82) is 0 Å². The zero-order valence-electron chi connectivity index (χ0n) is 15.0. The van der Waals surface area contributed by atoms with E-state index < -0.39 is 0 Å². The molecule has 0 amide bonds. The van der Waals surface area contributed by atoms with Crippen molar-refractivity contribution in [3.63, 3.8) is 0 Å². The van der Waals surface area contributed by atoms with Crippen LogP contribution >= 0.6 is 0 Å². The van der Waals surface area contributed by atoms with E-state index in [9.17, 15) is 0 Å². The summed E-state index contributed by atoms with van der Waals surface area (Å²) in [5.74, 6) is 0.879. The van der Waals surface area contributed by atoms with Gasteiger partial charge in [0.2, 0.25) is 0 Å². The van der Waals surface area contributed by atoms with Crippen LogP contribution < -0.4 is 4.90 Å². The first kappa shape index (κ1) is 16.7. The zero-order valence-corrected chi connectivity index (χ0v) is 15.0. The van der Waals surface area contributed by atoms with Crippen molar-refractivity contribution < 1.29 is 0 Å². The Bertz CT molecular complexity index is 895. The van der Waals surface area contributed by atoms with Gasteiger partial charge in [-0.05, 0) is 12.5 Å². The topological polar surface area (TPSA) is 63.0 Å². The molecule has 1 aliphatic heterocycles. The van der Waals surface area contributed by atoms with Crippen LogP contribution in [0.2, 0.25) is 0 Å². The van der Waals surface area contributed by atoms with E-state index >= 15 is 0 Å². The molecule has 1 saturated heterocycles. The average Bonchev–Trinajstić information content (AvgIpc) is 3.06. The molecular weight excluding hydrogens is 326 g/mol. The van der Waals surface area contributed by atoms with Crippen molar-refractivity contribution in [3.05, 3.63) is 54.4 Å². The highest BCUT2D eigenvalue weighted by Gasteiger charge is 2.22. The standard InChI is InChI=1S/C19H23N7/c1-15(2)12-24-8-10-25(11-9-24)18-17-19(21-14-20-18)26(23-22-17)13-16-6-4-3-5-7-16/h3-7,14H,1,8-13H2,2H3. The molecule has 0 saturated carbocycles. The average molecular weight is 349 g/mol. The van der Waals surface area contributed by atoms with Crippen LogP contribution in [0.15, 0.2) is 48.8 Å². The summed E-state index contributed by atoms with van der Waals surface area (Å²) in [6, 6.07) is 10.2. The molecule has 3 heterocycles. The second kappa shape index (κ2) is 7.21. The molecule has 1 fully saturated rings. The highest BCUT2D eigenvalue weighted by Crippen LogP contribution is 2.22. The number of rotatable bonds is 5. The van der Waals surface area contributed by atoms with E-state index in [1.807, 2.05) is 22.9 Å². The molecule has 0 spiro atoms. The molecule has 7 nitrogen and oxygen atoms in total. The van der Waals surface area contributed by atoms with E-state index in [1.54, 1.807) is 6.33 Å². The molecule has 134 valence electrons. The summed E-state index contributed by atoms with van der Waals surface area (Å²) in [5.41, 5.74) is 3.93. The number of anilines is 1. The highest BCUT2D eigenvalue weighted by molar-refractivity contribution is 5.82. The van der Waals surface area contributed by atoms with Crippen molar-refractivity contribution in [2.75, 3.05) is 37.6 Å². The van der Waals surface area contributed by atoms with E-state index in [4.69, 9.17) is 0 Å². The molecule has 0 unspecified atom stereocenters. The first-order valence-electron chi connectivity index (χ1n) is 8.90. The summed E-state index contributed by atoms with van der Waals surface area (Å²) in [7, 11) is 0. The van der Waals surface area contributed by atoms with Crippen molar-refractivity contribution in [1.82, 2.24) is 29.9 Å². The third kappa shape index (κ3) is 3.43. The van der Waals surface area contributed by atoms with Gasteiger partial charge in [0.1, 0.15) is 6.33 Å². The predicted octanol–water partition coefficient (Wildman–Crippen LogP) is 1.97. The summed E-state index contributed by atoms with van der Waals surface area (Å²) in [6.45, 7) is 11.5. The van der Waals surface area contributed by atoms with Crippen molar-refractivity contribution in [2.24, 2.45) is 0 Å². The smallest absolute Gasteiger partial charge is 0.184 e. The minimum Gasteiger partial charge on any atom is -0.352 e. The molecule has 0 atom stereocenters. The van der Waals surface area contributed by atoms with E-state index in [1.165, 1.54) is 11.1 Å². The fourth-order valence-corrected chi connectivity index (χ4v) is 3.37. The minimum atomic E-state index is 0.653. The number of piperazine rings is 1. The number of hydrogen-bond donors (Lipinski definition) is 0. The quantitative estimate of drug-likeness (QED) is 0.656. The highest BCUT2D eigenvalue weighted by atomic mass is 15.5. The predicted molar refractivity (Wildman–Crippen MR) is 102 cm³/mol. The second-order valence-electron chi connectivity index (χ2n) is 6.82. The summed E-state index contributed by atoms with van der Waals surface area (Å²) >= 11 is 0. The van der Waals surface area contributed by atoms with Gasteiger partial charge in [0.15, 0.2) is 17.0 Å². The van der Waals surface area contributed by atoms with Gasteiger partial charge in [-0.3, -0.25) is 4.90 Å². The maximum Gasteiger partial charge on any atom is 0.184 e. The fraction of sp³-hybridized carbons (Fsp3) is 0.368. The van der Waals surface area contributed by atoms with Gasteiger partial charge in [-0.2, -0.15) is 0 Å². The van der Waals surface area contributed by atoms with Crippen LogP contribution in [0.1, 0.15) is 12.5 Å². The monoisotopic (exact) mass is 349 g/mol. The summed E-state index contributed by atoms with van der Waals surface area (Å²) in [5, 5.41) is 8.69. The molecule has 1 aromatic carbocycles. The summed E-state index contributed by atoms with van der Waals surface area (Å²) in [6.07, 6.45) is 1.61. The fourth-order valence-electron chi connectivity index (χ4n) is 3.37. The molecule has 4 rings (SSSR count). The van der Waals surface area contributed by atoms with Gasteiger partial charge >= 0.3 is 0 Å². The zero-order chi connectivity index (χ0) is 17.9. The Balaban J connectivity index is 1.55. The Labute approximate surface area is 153 Å². The Morgan fingerprint density at radius 3 is 2.58 bits per heavy atom. The van der Waals surface area contributed by atoms with Crippen LogP contribution in [0.5, 0.6) is 0 Å². The maximum atomic E-state index is 4.50. The molecule has 0 bridgehead atoms. The number of nitrogens with zero attached hydrogens (tertiary/aromatic N) is 7. The number of fused-ring (bicyclic) bond motifs is 1. The number of hydrogen-bond acceptors (Lipinski definition) is 6. The van der Waals surface area contributed by atoms with Crippen LogP contribution in [0.25, 0.3) is 11.2 Å². The summed E-state index contributed by atoms with van der Waals surface area (Å²) in [4.78, 5) is 13.6. The second-order valence-corrected chi connectivity index (χ2v) is 6.82. The molecule has 0 aliphatic carbocycles. The van der Waals surface area contributed by atoms with Crippen LogP contribution in [0.3, 0.4) is 0 Å².